The maximum absolute atomic E-state index is 12.8. The molecule has 1 fully saturated rings. The fourth-order valence-electron chi connectivity index (χ4n) is 2.45. The lowest BCUT2D eigenvalue weighted by atomic mass is 10.0. The maximum atomic E-state index is 12.8. The minimum Gasteiger partial charge on any atom is -0.330 e. The van der Waals surface area contributed by atoms with Gasteiger partial charge in [0.1, 0.15) is 4.90 Å². The third kappa shape index (κ3) is 4.51. The summed E-state index contributed by atoms with van der Waals surface area (Å²) in [6.45, 7) is 0.791. The van der Waals surface area contributed by atoms with E-state index in [4.69, 9.17) is 17.3 Å². The lowest BCUT2D eigenvalue weighted by Gasteiger charge is -2.31. The van der Waals surface area contributed by atoms with Crippen molar-refractivity contribution in [3.8, 4) is 0 Å². The van der Waals surface area contributed by atoms with E-state index in [1.165, 1.54) is 0 Å². The summed E-state index contributed by atoms with van der Waals surface area (Å²) in [5, 5.41) is -0.220. The van der Waals surface area contributed by atoms with Gasteiger partial charge in [0, 0.05) is 13.1 Å². The van der Waals surface area contributed by atoms with Gasteiger partial charge >= 0.3 is 6.18 Å². The van der Waals surface area contributed by atoms with Crippen LogP contribution in [0.4, 0.5) is 13.2 Å². The number of hydrogen-bond donors (Lipinski definition) is 1. The Hall–Kier alpha value is -0.540. The second kappa shape index (κ2) is 7.57. The van der Waals surface area contributed by atoms with E-state index in [2.05, 4.69) is 0 Å². The standard InChI is InChI=1S/C13H16ClF3N2O2S.ClH/c14-11-4-3-10(13(15,16)17)6-12(11)22(20,21)19-5-1-2-9(7-18)8-19;/h3-4,6,9H,1-2,5,7-8,18H2;1H. The van der Waals surface area contributed by atoms with Gasteiger partial charge in [-0.15, -0.1) is 12.4 Å². The molecule has 0 spiro atoms. The van der Waals surface area contributed by atoms with Gasteiger partial charge in [-0.25, -0.2) is 8.42 Å². The first-order valence-electron chi connectivity index (χ1n) is 6.73. The van der Waals surface area contributed by atoms with Crippen molar-refractivity contribution in [1.29, 1.82) is 0 Å². The van der Waals surface area contributed by atoms with Crippen LogP contribution in [0.2, 0.25) is 5.02 Å². The summed E-state index contributed by atoms with van der Waals surface area (Å²) in [5.41, 5.74) is 4.52. The zero-order valence-electron chi connectivity index (χ0n) is 12.0. The Morgan fingerprint density at radius 1 is 1.35 bits per heavy atom. The molecule has 23 heavy (non-hydrogen) atoms. The number of halogens is 5. The molecule has 2 rings (SSSR count). The Balaban J connectivity index is 0.00000264. The molecule has 1 unspecified atom stereocenters. The molecule has 0 saturated carbocycles. The molecule has 1 atom stereocenters. The SMILES string of the molecule is Cl.NCC1CCCN(S(=O)(=O)c2cc(C(F)(F)F)ccc2Cl)C1. The van der Waals surface area contributed by atoms with Crippen molar-refractivity contribution in [2.45, 2.75) is 23.9 Å². The van der Waals surface area contributed by atoms with Gasteiger partial charge in [-0.2, -0.15) is 17.5 Å². The highest BCUT2D eigenvalue weighted by molar-refractivity contribution is 7.89. The van der Waals surface area contributed by atoms with Crippen LogP contribution in [0.1, 0.15) is 18.4 Å². The van der Waals surface area contributed by atoms with Crippen LogP contribution in [0.3, 0.4) is 0 Å². The fourth-order valence-corrected chi connectivity index (χ4v) is 4.51. The van der Waals surface area contributed by atoms with Gasteiger partial charge in [0.2, 0.25) is 10.0 Å². The summed E-state index contributed by atoms with van der Waals surface area (Å²) in [4.78, 5) is -0.512. The van der Waals surface area contributed by atoms with Gasteiger partial charge in [0.15, 0.2) is 0 Å². The third-order valence-electron chi connectivity index (χ3n) is 3.69. The molecule has 1 heterocycles. The highest BCUT2D eigenvalue weighted by Gasteiger charge is 2.35. The van der Waals surface area contributed by atoms with Crippen LogP contribution in [-0.2, 0) is 16.2 Å². The summed E-state index contributed by atoms with van der Waals surface area (Å²) in [7, 11) is -4.07. The lowest BCUT2D eigenvalue weighted by Crippen LogP contribution is -2.42. The first-order valence-corrected chi connectivity index (χ1v) is 8.55. The van der Waals surface area contributed by atoms with Crippen LogP contribution in [-0.4, -0.2) is 32.4 Å². The number of nitrogens with two attached hydrogens (primary N) is 1. The highest BCUT2D eigenvalue weighted by Crippen LogP contribution is 2.35. The van der Waals surface area contributed by atoms with E-state index in [0.29, 0.717) is 19.0 Å². The van der Waals surface area contributed by atoms with Gasteiger partial charge in [-0.3, -0.25) is 0 Å². The Morgan fingerprint density at radius 3 is 2.57 bits per heavy atom. The smallest absolute Gasteiger partial charge is 0.330 e. The molecule has 4 nitrogen and oxygen atoms in total. The Kier molecular flexibility index (Phi) is 6.74. The van der Waals surface area contributed by atoms with Crippen LogP contribution in [0, 0.1) is 5.92 Å². The van der Waals surface area contributed by atoms with Gasteiger partial charge in [-0.1, -0.05) is 11.6 Å². The molecule has 132 valence electrons. The van der Waals surface area contributed by atoms with E-state index in [-0.39, 0.29) is 36.4 Å². The summed E-state index contributed by atoms with van der Waals surface area (Å²) < 4.78 is 64.7. The summed E-state index contributed by atoms with van der Waals surface area (Å²) in [6, 6.07) is 2.31. The summed E-state index contributed by atoms with van der Waals surface area (Å²) in [6.07, 6.45) is -3.20. The second-order valence-corrected chi connectivity index (χ2v) is 7.56. The predicted octanol–water partition coefficient (Wildman–Crippen LogP) is 3.14. The predicted molar refractivity (Wildman–Crippen MR) is 84.2 cm³/mol. The molecule has 1 aromatic carbocycles. The van der Waals surface area contributed by atoms with E-state index in [0.717, 1.165) is 22.9 Å². The van der Waals surface area contributed by atoms with E-state index in [9.17, 15) is 21.6 Å². The molecule has 10 heteroatoms. The molecular formula is C13H17Cl2F3N2O2S. The van der Waals surface area contributed by atoms with Crippen molar-refractivity contribution >= 4 is 34.0 Å². The van der Waals surface area contributed by atoms with Crippen molar-refractivity contribution < 1.29 is 21.6 Å². The molecule has 2 N–H and O–H groups in total. The van der Waals surface area contributed by atoms with Gasteiger partial charge in [0.25, 0.3) is 0 Å². The Labute approximate surface area is 144 Å². The number of sulfonamides is 1. The van der Waals surface area contributed by atoms with Crippen LogP contribution in [0.15, 0.2) is 23.1 Å². The quantitative estimate of drug-likeness (QED) is 0.858. The lowest BCUT2D eigenvalue weighted by molar-refractivity contribution is -0.137. The van der Waals surface area contributed by atoms with E-state index >= 15 is 0 Å². The molecule has 1 aromatic rings. The van der Waals surface area contributed by atoms with Gasteiger partial charge in [-0.05, 0) is 43.5 Å². The summed E-state index contributed by atoms with van der Waals surface area (Å²) in [5.74, 6) is 0.00750. The average molecular weight is 393 g/mol. The monoisotopic (exact) mass is 392 g/mol. The van der Waals surface area contributed by atoms with Crippen molar-refractivity contribution in [3.63, 3.8) is 0 Å². The number of piperidine rings is 1. The topological polar surface area (TPSA) is 63.4 Å². The Morgan fingerprint density at radius 2 is 2.00 bits per heavy atom. The number of nitrogens with zero attached hydrogens (tertiary/aromatic N) is 1. The zero-order valence-corrected chi connectivity index (χ0v) is 14.4. The molecular weight excluding hydrogens is 376 g/mol. The number of rotatable bonds is 3. The highest BCUT2D eigenvalue weighted by atomic mass is 35.5. The number of hydrogen-bond acceptors (Lipinski definition) is 3. The van der Waals surface area contributed by atoms with E-state index in [1.807, 2.05) is 0 Å². The Bertz CT molecular complexity index is 653. The van der Waals surface area contributed by atoms with E-state index < -0.39 is 26.7 Å². The molecule has 0 bridgehead atoms. The summed E-state index contributed by atoms with van der Waals surface area (Å²) >= 11 is 5.82. The van der Waals surface area contributed by atoms with Crippen LogP contribution < -0.4 is 5.73 Å². The molecule has 0 aliphatic carbocycles. The molecule has 0 aromatic heterocycles. The molecule has 0 radical (unpaired) electrons. The molecule has 1 aliphatic heterocycles. The van der Waals surface area contributed by atoms with Crippen molar-refractivity contribution in [3.05, 3.63) is 28.8 Å². The number of alkyl halides is 3. The molecule has 1 saturated heterocycles. The van der Waals surface area contributed by atoms with Gasteiger partial charge in [0.05, 0.1) is 10.6 Å². The van der Waals surface area contributed by atoms with Crippen molar-refractivity contribution in [2.75, 3.05) is 19.6 Å². The van der Waals surface area contributed by atoms with E-state index in [1.54, 1.807) is 0 Å². The maximum Gasteiger partial charge on any atom is 0.416 e. The zero-order chi connectivity index (χ0) is 16.5. The van der Waals surface area contributed by atoms with Crippen LogP contribution in [0.25, 0.3) is 0 Å². The molecule has 1 aliphatic rings. The van der Waals surface area contributed by atoms with Crippen molar-refractivity contribution in [1.82, 2.24) is 4.31 Å². The first kappa shape index (κ1) is 20.5. The largest absolute Gasteiger partial charge is 0.416 e. The van der Waals surface area contributed by atoms with Gasteiger partial charge < -0.3 is 5.73 Å². The van der Waals surface area contributed by atoms with Crippen molar-refractivity contribution in [2.24, 2.45) is 11.7 Å². The first-order chi connectivity index (χ1) is 10.2. The normalized spacial score (nSPS) is 20.1. The third-order valence-corrected chi connectivity index (χ3v) is 6.04. The second-order valence-electron chi connectivity index (χ2n) is 5.25. The van der Waals surface area contributed by atoms with Crippen LogP contribution in [0.5, 0.6) is 0 Å². The number of benzene rings is 1. The fraction of sp³-hybridized carbons (Fsp3) is 0.538. The minimum atomic E-state index is -4.63. The molecule has 0 amide bonds. The average Bonchev–Trinajstić information content (AvgIpc) is 2.46. The minimum absolute atomic E-state index is 0. The van der Waals surface area contributed by atoms with Crippen LogP contribution >= 0.6 is 24.0 Å².